The van der Waals surface area contributed by atoms with Gasteiger partial charge in [-0.2, -0.15) is 0 Å². The fourth-order valence-corrected chi connectivity index (χ4v) is 3.27. The number of carbonyl (C=O) groups excluding carboxylic acids is 2. The van der Waals surface area contributed by atoms with Gasteiger partial charge < -0.3 is 20.1 Å². The normalized spacial score (nSPS) is 12.1. The minimum absolute atomic E-state index is 0.126. The second-order valence-electron chi connectivity index (χ2n) is 6.89. The Morgan fingerprint density at radius 2 is 1.55 bits per heavy atom. The van der Waals surface area contributed by atoms with Crippen LogP contribution >= 0.6 is 0 Å². The molecule has 4 rings (SSSR count). The van der Waals surface area contributed by atoms with E-state index in [1.807, 2.05) is 31.2 Å². The first-order chi connectivity index (χ1) is 15.2. The molecule has 31 heavy (non-hydrogen) atoms. The Hall–Kier alpha value is -4.06. The van der Waals surface area contributed by atoms with Gasteiger partial charge in [-0.1, -0.05) is 42.5 Å². The van der Waals surface area contributed by atoms with Crippen LogP contribution in [0.4, 0.5) is 11.4 Å². The van der Waals surface area contributed by atoms with Crippen molar-refractivity contribution in [2.45, 2.75) is 6.92 Å². The zero-order valence-electron chi connectivity index (χ0n) is 17.1. The van der Waals surface area contributed by atoms with Crippen molar-refractivity contribution in [3.63, 3.8) is 0 Å². The number of ether oxygens (including phenoxy) is 2. The number of para-hydroxylation sites is 3. The first kappa shape index (κ1) is 20.2. The van der Waals surface area contributed by atoms with Crippen molar-refractivity contribution in [3.05, 3.63) is 89.5 Å². The second-order valence-corrected chi connectivity index (χ2v) is 6.89. The average Bonchev–Trinajstić information content (AvgIpc) is 2.81. The maximum atomic E-state index is 12.9. The van der Waals surface area contributed by atoms with Crippen LogP contribution in [0.1, 0.15) is 22.8 Å². The zero-order chi connectivity index (χ0) is 21.6. The first-order valence-corrected chi connectivity index (χ1v) is 10.0. The van der Waals surface area contributed by atoms with Crippen molar-refractivity contribution in [1.82, 2.24) is 0 Å². The van der Waals surface area contributed by atoms with Crippen molar-refractivity contribution in [1.29, 1.82) is 0 Å². The minimum Gasteiger partial charge on any atom is -0.490 e. The van der Waals surface area contributed by atoms with Crippen LogP contribution in [0.3, 0.4) is 0 Å². The molecule has 1 heterocycles. The van der Waals surface area contributed by atoms with E-state index in [2.05, 4.69) is 10.6 Å². The highest BCUT2D eigenvalue weighted by atomic mass is 16.5. The molecule has 6 heteroatoms. The summed E-state index contributed by atoms with van der Waals surface area (Å²) < 4.78 is 11.4. The van der Waals surface area contributed by atoms with E-state index in [9.17, 15) is 9.59 Å². The van der Waals surface area contributed by atoms with E-state index < -0.39 is 0 Å². The van der Waals surface area contributed by atoms with Crippen molar-refractivity contribution in [2.75, 3.05) is 23.8 Å². The number of hydrogen-bond acceptors (Lipinski definition) is 4. The molecule has 1 aliphatic heterocycles. The predicted octanol–water partition coefficient (Wildman–Crippen LogP) is 4.75. The van der Waals surface area contributed by atoms with Gasteiger partial charge in [-0.3, -0.25) is 9.59 Å². The monoisotopic (exact) mass is 414 g/mol. The van der Waals surface area contributed by atoms with Gasteiger partial charge in [0.15, 0.2) is 11.5 Å². The molecule has 0 spiro atoms. The molecule has 0 saturated carbocycles. The molecule has 2 N–H and O–H groups in total. The molecular weight excluding hydrogens is 392 g/mol. The number of amides is 2. The van der Waals surface area contributed by atoms with Crippen LogP contribution in [0, 0.1) is 0 Å². The lowest BCUT2D eigenvalue weighted by Gasteiger charge is -2.20. The number of anilines is 2. The van der Waals surface area contributed by atoms with Crippen LogP contribution in [-0.4, -0.2) is 25.0 Å². The van der Waals surface area contributed by atoms with Crippen LogP contribution in [0.5, 0.6) is 11.5 Å². The molecule has 3 aromatic carbocycles. The van der Waals surface area contributed by atoms with Gasteiger partial charge in [-0.15, -0.1) is 0 Å². The summed E-state index contributed by atoms with van der Waals surface area (Å²) in [6.07, 6.45) is 1.79. The molecule has 2 amide bonds. The molecule has 1 aliphatic rings. The lowest BCUT2D eigenvalue weighted by molar-refractivity contribution is -0.113. The van der Waals surface area contributed by atoms with Crippen LogP contribution < -0.4 is 20.1 Å². The average molecular weight is 414 g/mol. The third-order valence-electron chi connectivity index (χ3n) is 4.76. The van der Waals surface area contributed by atoms with Gasteiger partial charge >= 0.3 is 0 Å². The van der Waals surface area contributed by atoms with E-state index in [0.717, 1.165) is 5.56 Å². The summed E-state index contributed by atoms with van der Waals surface area (Å²) in [5, 5.41) is 5.73. The number of nitrogens with one attached hydrogen (secondary N) is 2. The highest BCUT2D eigenvalue weighted by Gasteiger charge is 2.21. The van der Waals surface area contributed by atoms with Gasteiger partial charge in [-0.05, 0) is 43.3 Å². The maximum Gasteiger partial charge on any atom is 0.255 e. The van der Waals surface area contributed by atoms with Crippen molar-refractivity contribution >= 4 is 29.3 Å². The Kier molecular flexibility index (Phi) is 5.98. The minimum atomic E-state index is -0.297. The Morgan fingerprint density at radius 1 is 0.871 bits per heavy atom. The lowest BCUT2D eigenvalue weighted by Crippen LogP contribution is -2.22. The van der Waals surface area contributed by atoms with Gasteiger partial charge in [0.2, 0.25) is 0 Å². The quantitative estimate of drug-likeness (QED) is 0.610. The largest absolute Gasteiger partial charge is 0.490 e. The topological polar surface area (TPSA) is 76.7 Å². The van der Waals surface area contributed by atoms with Crippen LogP contribution in [0.2, 0.25) is 0 Å². The fraction of sp³-hybridized carbons (Fsp3) is 0.120. The summed E-state index contributed by atoms with van der Waals surface area (Å²) in [6, 6.07) is 21.6. The predicted molar refractivity (Wildman–Crippen MR) is 121 cm³/mol. The Morgan fingerprint density at radius 3 is 2.26 bits per heavy atom. The fourth-order valence-electron chi connectivity index (χ4n) is 3.27. The van der Waals surface area contributed by atoms with E-state index in [4.69, 9.17) is 9.47 Å². The molecule has 0 bridgehead atoms. The third kappa shape index (κ3) is 4.59. The Balaban J connectivity index is 1.52. The standard InChI is InChI=1S/C25H22N2O4/c1-2-30-22-14-8-11-18-15-19(16-31-23(18)22)25(29)27-21-13-7-6-12-20(21)26-24(28)17-9-4-3-5-10-17/h3-15H,2,16H2,1H3,(H,26,28)(H,27,29). The van der Waals surface area contributed by atoms with Gasteiger partial charge in [0.05, 0.1) is 23.6 Å². The summed E-state index contributed by atoms with van der Waals surface area (Å²) in [6.45, 7) is 2.56. The van der Waals surface area contributed by atoms with Crippen LogP contribution in [0.15, 0.2) is 78.4 Å². The first-order valence-electron chi connectivity index (χ1n) is 10.0. The van der Waals surface area contributed by atoms with Gasteiger partial charge in [0, 0.05) is 11.1 Å². The molecule has 0 atom stereocenters. The Bertz CT molecular complexity index is 1140. The highest BCUT2D eigenvalue weighted by molar-refractivity contribution is 6.11. The Labute approximate surface area is 180 Å². The molecule has 0 fully saturated rings. The second kappa shape index (κ2) is 9.17. The molecule has 0 saturated heterocycles. The number of fused-ring (bicyclic) bond motifs is 1. The molecule has 0 unspecified atom stereocenters. The van der Waals surface area contributed by atoms with Gasteiger partial charge in [0.25, 0.3) is 11.8 Å². The number of benzene rings is 3. The molecule has 0 radical (unpaired) electrons. The summed E-state index contributed by atoms with van der Waals surface area (Å²) >= 11 is 0. The summed E-state index contributed by atoms with van der Waals surface area (Å²) in [5.74, 6) is 0.745. The number of rotatable bonds is 6. The van der Waals surface area contributed by atoms with E-state index >= 15 is 0 Å². The van der Waals surface area contributed by atoms with E-state index in [-0.39, 0.29) is 18.4 Å². The van der Waals surface area contributed by atoms with Crippen molar-refractivity contribution in [3.8, 4) is 11.5 Å². The lowest BCUT2D eigenvalue weighted by atomic mass is 10.1. The zero-order valence-corrected chi connectivity index (χ0v) is 17.1. The molecule has 3 aromatic rings. The summed E-state index contributed by atoms with van der Waals surface area (Å²) in [5.41, 5.74) is 2.82. The molecule has 6 nitrogen and oxygen atoms in total. The molecular formula is C25H22N2O4. The highest BCUT2D eigenvalue weighted by Crippen LogP contribution is 2.36. The number of carbonyl (C=O) groups is 2. The van der Waals surface area contributed by atoms with E-state index in [1.165, 1.54) is 0 Å². The van der Waals surface area contributed by atoms with Crippen molar-refractivity contribution in [2.24, 2.45) is 0 Å². The molecule has 0 aliphatic carbocycles. The summed E-state index contributed by atoms with van der Waals surface area (Å²) in [4.78, 5) is 25.4. The van der Waals surface area contributed by atoms with Gasteiger partial charge in [-0.25, -0.2) is 0 Å². The maximum absolute atomic E-state index is 12.9. The summed E-state index contributed by atoms with van der Waals surface area (Å²) in [7, 11) is 0. The van der Waals surface area contributed by atoms with Gasteiger partial charge in [0.1, 0.15) is 6.61 Å². The van der Waals surface area contributed by atoms with E-state index in [1.54, 1.807) is 54.6 Å². The van der Waals surface area contributed by atoms with Crippen LogP contribution in [0.25, 0.3) is 6.08 Å². The molecule has 156 valence electrons. The third-order valence-corrected chi connectivity index (χ3v) is 4.76. The van der Waals surface area contributed by atoms with Crippen molar-refractivity contribution < 1.29 is 19.1 Å². The number of hydrogen-bond donors (Lipinski definition) is 2. The van der Waals surface area contributed by atoms with E-state index in [0.29, 0.717) is 40.6 Å². The SMILES string of the molecule is CCOc1cccc2c1OCC(C(=O)Nc1ccccc1NC(=O)c1ccccc1)=C2. The molecule has 0 aromatic heterocycles. The smallest absolute Gasteiger partial charge is 0.255 e. The van der Waals surface area contributed by atoms with Crippen LogP contribution in [-0.2, 0) is 4.79 Å².